The number of nitrogens with one attached hydrogen (secondary N) is 1. The Morgan fingerprint density at radius 3 is 2.71 bits per heavy atom. The van der Waals surface area contributed by atoms with Crippen LogP contribution in [0, 0.1) is 5.92 Å². The molecular formula is C15H23ClN2O2S. The third-order valence-corrected chi connectivity index (χ3v) is 5.51. The number of carbonyl (C=O) groups excluding carboxylic acids is 1. The van der Waals surface area contributed by atoms with Crippen molar-refractivity contribution in [3.63, 3.8) is 0 Å². The highest BCUT2D eigenvalue weighted by Crippen LogP contribution is 2.26. The number of hydrogen-bond acceptors (Lipinski definition) is 3. The van der Waals surface area contributed by atoms with E-state index in [2.05, 4.69) is 5.32 Å². The molecule has 6 heteroatoms. The molecule has 2 N–H and O–H groups in total. The first-order valence-electron chi connectivity index (χ1n) is 7.46. The Kier molecular flexibility index (Phi) is 6.33. The van der Waals surface area contributed by atoms with Crippen LogP contribution in [0.1, 0.15) is 30.6 Å². The zero-order valence-electron chi connectivity index (χ0n) is 12.3. The fraction of sp³-hybridized carbons (Fsp3) is 0.667. The number of amides is 2. The molecule has 0 unspecified atom stereocenters. The van der Waals surface area contributed by atoms with E-state index in [9.17, 15) is 4.79 Å². The number of carbonyl (C=O) groups is 1. The van der Waals surface area contributed by atoms with Crippen LogP contribution in [-0.2, 0) is 6.42 Å². The lowest BCUT2D eigenvalue weighted by molar-refractivity contribution is 0.134. The van der Waals surface area contributed by atoms with Gasteiger partial charge in [-0.2, -0.15) is 0 Å². The van der Waals surface area contributed by atoms with Gasteiger partial charge < -0.3 is 15.3 Å². The Bertz CT molecular complexity index is 458. The summed E-state index contributed by atoms with van der Waals surface area (Å²) in [7, 11) is 1.86. The van der Waals surface area contributed by atoms with Gasteiger partial charge in [0.1, 0.15) is 0 Å². The van der Waals surface area contributed by atoms with Crippen LogP contribution in [0.25, 0.3) is 0 Å². The molecule has 0 aliphatic heterocycles. The molecule has 0 radical (unpaired) electrons. The number of thiophene rings is 1. The maximum atomic E-state index is 12.1. The summed E-state index contributed by atoms with van der Waals surface area (Å²) in [5, 5.41) is 12.1. The van der Waals surface area contributed by atoms with Crippen molar-refractivity contribution in [1.82, 2.24) is 10.2 Å². The molecule has 0 aromatic carbocycles. The fourth-order valence-corrected chi connectivity index (χ4v) is 3.87. The molecule has 0 atom stereocenters. The van der Waals surface area contributed by atoms with E-state index in [1.165, 1.54) is 4.88 Å². The van der Waals surface area contributed by atoms with Gasteiger partial charge in [0.25, 0.3) is 0 Å². The number of rotatable bonds is 5. The summed E-state index contributed by atoms with van der Waals surface area (Å²) in [5.41, 5.74) is 0. The van der Waals surface area contributed by atoms with Gasteiger partial charge in [-0.3, -0.25) is 0 Å². The molecule has 2 rings (SSSR count). The summed E-state index contributed by atoms with van der Waals surface area (Å²) in [6, 6.07) is 4.17. The summed E-state index contributed by atoms with van der Waals surface area (Å²) < 4.78 is 0.786. The largest absolute Gasteiger partial charge is 0.396 e. The highest BCUT2D eigenvalue weighted by molar-refractivity contribution is 7.16. The lowest BCUT2D eigenvalue weighted by atomic mass is 9.86. The first kappa shape index (κ1) is 16.6. The Hall–Kier alpha value is -0.780. The first-order valence-corrected chi connectivity index (χ1v) is 8.65. The van der Waals surface area contributed by atoms with E-state index in [-0.39, 0.29) is 12.6 Å². The van der Waals surface area contributed by atoms with Crippen molar-refractivity contribution in [2.24, 2.45) is 5.92 Å². The van der Waals surface area contributed by atoms with Crippen molar-refractivity contribution < 1.29 is 9.90 Å². The summed E-state index contributed by atoms with van der Waals surface area (Å²) in [5.74, 6) is 0.418. The van der Waals surface area contributed by atoms with Gasteiger partial charge in [0.2, 0.25) is 0 Å². The second kappa shape index (κ2) is 8.01. The molecule has 21 heavy (non-hydrogen) atoms. The summed E-state index contributed by atoms with van der Waals surface area (Å²) >= 11 is 7.44. The van der Waals surface area contributed by atoms with Crippen molar-refractivity contribution in [3.8, 4) is 0 Å². The van der Waals surface area contributed by atoms with E-state index in [1.807, 2.05) is 24.1 Å². The highest BCUT2D eigenvalue weighted by Gasteiger charge is 2.25. The monoisotopic (exact) mass is 330 g/mol. The second-order valence-corrected chi connectivity index (χ2v) is 7.46. The van der Waals surface area contributed by atoms with Crippen LogP contribution in [0.5, 0.6) is 0 Å². The Balaban J connectivity index is 1.70. The molecule has 1 aliphatic carbocycles. The van der Waals surface area contributed by atoms with Crippen LogP contribution in [0.3, 0.4) is 0 Å². The van der Waals surface area contributed by atoms with Crippen LogP contribution >= 0.6 is 22.9 Å². The quantitative estimate of drug-likeness (QED) is 0.871. The zero-order chi connectivity index (χ0) is 15.2. The van der Waals surface area contributed by atoms with Gasteiger partial charge in [-0.15, -0.1) is 11.3 Å². The molecule has 1 aromatic rings. The summed E-state index contributed by atoms with van der Waals surface area (Å²) in [6.45, 7) is 0.901. The van der Waals surface area contributed by atoms with Crippen molar-refractivity contribution in [3.05, 3.63) is 21.3 Å². The van der Waals surface area contributed by atoms with Gasteiger partial charge >= 0.3 is 6.03 Å². The van der Waals surface area contributed by atoms with Gasteiger partial charge in [0.15, 0.2) is 0 Å². The predicted molar refractivity (Wildman–Crippen MR) is 87.0 cm³/mol. The molecule has 0 saturated heterocycles. The van der Waals surface area contributed by atoms with Crippen molar-refractivity contribution in [2.45, 2.75) is 38.1 Å². The fourth-order valence-electron chi connectivity index (χ4n) is 2.78. The average Bonchev–Trinajstić information content (AvgIpc) is 2.92. The molecular weight excluding hydrogens is 308 g/mol. The highest BCUT2D eigenvalue weighted by atomic mass is 35.5. The maximum absolute atomic E-state index is 12.1. The van der Waals surface area contributed by atoms with Crippen molar-refractivity contribution in [2.75, 3.05) is 20.2 Å². The van der Waals surface area contributed by atoms with Gasteiger partial charge in [-0.25, -0.2) is 4.79 Å². The van der Waals surface area contributed by atoms with Crippen molar-refractivity contribution in [1.29, 1.82) is 0 Å². The smallest absolute Gasteiger partial charge is 0.317 e. The number of aliphatic hydroxyl groups is 1. The molecule has 2 amide bonds. The number of urea groups is 1. The van der Waals surface area contributed by atoms with Crippen LogP contribution in [0.4, 0.5) is 4.79 Å². The Labute approximate surface area is 135 Å². The molecule has 1 fully saturated rings. The topological polar surface area (TPSA) is 52.6 Å². The van der Waals surface area contributed by atoms with Gasteiger partial charge in [-0.05, 0) is 50.2 Å². The average molecular weight is 331 g/mol. The zero-order valence-corrected chi connectivity index (χ0v) is 13.9. The van der Waals surface area contributed by atoms with Crippen LogP contribution < -0.4 is 5.32 Å². The number of nitrogens with zero attached hydrogens (tertiary/aromatic N) is 1. The van der Waals surface area contributed by atoms with Crippen LogP contribution in [0.15, 0.2) is 12.1 Å². The predicted octanol–water partition coefficient (Wildman–Crippen LogP) is 3.14. The maximum Gasteiger partial charge on any atom is 0.317 e. The third kappa shape index (κ3) is 4.87. The normalized spacial score (nSPS) is 22.0. The Morgan fingerprint density at radius 1 is 1.43 bits per heavy atom. The van der Waals surface area contributed by atoms with E-state index < -0.39 is 0 Å². The standard InChI is InChI=1S/C15H23ClN2O2S/c1-18(12-4-2-11(10-19)3-5-12)15(20)17-9-8-13-6-7-14(16)21-13/h6-7,11-12,19H,2-5,8-10H2,1H3,(H,17,20). The second-order valence-electron chi connectivity index (χ2n) is 5.66. The minimum absolute atomic E-state index is 0.00917. The Morgan fingerprint density at radius 2 is 2.14 bits per heavy atom. The molecule has 1 aliphatic rings. The molecule has 0 spiro atoms. The molecule has 1 saturated carbocycles. The minimum atomic E-state index is -0.00917. The number of halogens is 1. The van der Waals surface area contributed by atoms with Crippen LogP contribution in [-0.4, -0.2) is 42.3 Å². The summed E-state index contributed by atoms with van der Waals surface area (Å²) in [4.78, 5) is 15.1. The molecule has 1 aromatic heterocycles. The van der Waals surface area contributed by atoms with Gasteiger partial charge in [0.05, 0.1) is 4.34 Å². The molecule has 1 heterocycles. The third-order valence-electron chi connectivity index (χ3n) is 4.22. The lowest BCUT2D eigenvalue weighted by Gasteiger charge is -2.34. The molecule has 118 valence electrons. The van der Waals surface area contributed by atoms with E-state index in [1.54, 1.807) is 11.3 Å². The van der Waals surface area contributed by atoms with E-state index in [0.717, 1.165) is 36.4 Å². The van der Waals surface area contributed by atoms with Crippen molar-refractivity contribution >= 4 is 29.0 Å². The minimum Gasteiger partial charge on any atom is -0.396 e. The molecule has 0 bridgehead atoms. The number of hydrogen-bond donors (Lipinski definition) is 2. The summed E-state index contributed by atoms with van der Waals surface area (Å²) in [6.07, 6.45) is 4.79. The number of aliphatic hydroxyl groups excluding tert-OH is 1. The first-order chi connectivity index (χ1) is 10.1. The van der Waals surface area contributed by atoms with Gasteiger partial charge in [-0.1, -0.05) is 11.6 Å². The van der Waals surface area contributed by atoms with E-state index >= 15 is 0 Å². The molecule has 4 nitrogen and oxygen atoms in total. The lowest BCUT2D eigenvalue weighted by Crippen LogP contribution is -2.45. The SMILES string of the molecule is CN(C(=O)NCCc1ccc(Cl)s1)C1CCC(CO)CC1. The van der Waals surface area contributed by atoms with Gasteiger partial charge in [0, 0.05) is 31.1 Å². The van der Waals surface area contributed by atoms with E-state index in [4.69, 9.17) is 16.7 Å². The van der Waals surface area contributed by atoms with Crippen LogP contribution in [0.2, 0.25) is 4.34 Å². The van der Waals surface area contributed by atoms with E-state index in [0.29, 0.717) is 18.5 Å².